The third kappa shape index (κ3) is 2.64. The Kier molecular flexibility index (Phi) is 3.65. The molecule has 0 aromatic heterocycles. The maximum Gasteiger partial charge on any atom is 0.229 e. The maximum atomic E-state index is 12.2. The molecule has 1 atom stereocenters. The largest absolute Gasteiger partial charge is 0.378 e. The van der Waals surface area contributed by atoms with E-state index in [1.54, 1.807) is 4.90 Å². The van der Waals surface area contributed by atoms with Gasteiger partial charge in [-0.3, -0.25) is 4.79 Å². The summed E-state index contributed by atoms with van der Waals surface area (Å²) in [5.74, 6) is 0.151. The number of aryl methyl sites for hydroxylation is 1. The van der Waals surface area contributed by atoms with E-state index >= 15 is 0 Å². The molecular weight excluding hydrogens is 260 g/mol. The van der Waals surface area contributed by atoms with E-state index in [-0.39, 0.29) is 11.9 Å². The van der Waals surface area contributed by atoms with Gasteiger partial charge in [0.25, 0.3) is 0 Å². The lowest BCUT2D eigenvalue weighted by Crippen LogP contribution is -2.35. The fourth-order valence-electron chi connectivity index (χ4n) is 2.85. The van der Waals surface area contributed by atoms with Gasteiger partial charge < -0.3 is 10.2 Å². The minimum absolute atomic E-state index is 0.0389. The van der Waals surface area contributed by atoms with Gasteiger partial charge in [-0.25, -0.2) is 0 Å². The van der Waals surface area contributed by atoms with Crippen molar-refractivity contribution >= 4 is 17.3 Å². The Morgan fingerprint density at radius 2 is 2.00 bits per heavy atom. The number of nitrogens with one attached hydrogen (secondary N) is 1. The third-order valence-corrected chi connectivity index (χ3v) is 4.10. The number of carbonyl (C=O) groups is 1. The normalized spacial score (nSPS) is 17.5. The number of benzene rings is 2. The van der Waals surface area contributed by atoms with Gasteiger partial charge in [-0.2, -0.15) is 0 Å². The predicted octanol–water partition coefficient (Wildman–Crippen LogP) is 3.77. The second-order valence-electron chi connectivity index (χ2n) is 5.47. The van der Waals surface area contributed by atoms with Gasteiger partial charge in [0.05, 0.1) is 12.5 Å². The molecule has 1 N–H and O–H groups in total. The zero-order valence-electron chi connectivity index (χ0n) is 12.5. The first-order chi connectivity index (χ1) is 10.2. The van der Waals surface area contributed by atoms with Crippen molar-refractivity contribution in [3.8, 4) is 0 Å². The van der Waals surface area contributed by atoms with Crippen molar-refractivity contribution in [2.24, 2.45) is 0 Å². The van der Waals surface area contributed by atoms with Crippen molar-refractivity contribution < 1.29 is 4.79 Å². The molecule has 0 bridgehead atoms. The molecule has 0 radical (unpaired) electrons. The Labute approximate surface area is 125 Å². The van der Waals surface area contributed by atoms with E-state index in [1.165, 1.54) is 11.1 Å². The highest BCUT2D eigenvalue weighted by atomic mass is 16.2. The molecule has 1 amide bonds. The van der Waals surface area contributed by atoms with Crippen LogP contribution in [0.15, 0.2) is 48.5 Å². The van der Waals surface area contributed by atoms with Crippen molar-refractivity contribution in [3.05, 3.63) is 59.7 Å². The van der Waals surface area contributed by atoms with Crippen molar-refractivity contribution in [3.63, 3.8) is 0 Å². The number of carbonyl (C=O) groups excluding carboxylic acids is 1. The summed E-state index contributed by atoms with van der Waals surface area (Å²) in [6.07, 6.45) is 1.50. The lowest BCUT2D eigenvalue weighted by molar-refractivity contribution is -0.118. The summed E-state index contributed by atoms with van der Waals surface area (Å²) in [7, 11) is 1.84. The van der Waals surface area contributed by atoms with Gasteiger partial charge in [0.1, 0.15) is 0 Å². The van der Waals surface area contributed by atoms with E-state index in [9.17, 15) is 4.79 Å². The van der Waals surface area contributed by atoms with Crippen LogP contribution in [0.2, 0.25) is 0 Å². The number of amides is 1. The Morgan fingerprint density at radius 3 is 2.81 bits per heavy atom. The quantitative estimate of drug-likeness (QED) is 0.928. The van der Waals surface area contributed by atoms with E-state index in [1.807, 2.05) is 25.2 Å². The average Bonchev–Trinajstić information content (AvgIpc) is 2.52. The number of hydrogen-bond donors (Lipinski definition) is 1. The molecule has 0 saturated carbocycles. The number of nitrogens with zero attached hydrogens (tertiary/aromatic N) is 1. The van der Waals surface area contributed by atoms with Gasteiger partial charge in [-0.1, -0.05) is 37.3 Å². The molecule has 1 aliphatic rings. The number of fused-ring (bicyclic) bond motifs is 1. The molecule has 0 aliphatic carbocycles. The van der Waals surface area contributed by atoms with Crippen molar-refractivity contribution in [1.82, 2.24) is 0 Å². The molecule has 1 heterocycles. The molecule has 3 rings (SSSR count). The lowest BCUT2D eigenvalue weighted by Gasteiger charge is -2.32. The fourth-order valence-corrected chi connectivity index (χ4v) is 2.85. The summed E-state index contributed by atoms with van der Waals surface area (Å²) >= 11 is 0. The molecule has 0 spiro atoms. The lowest BCUT2D eigenvalue weighted by atomic mass is 9.96. The Morgan fingerprint density at radius 1 is 1.19 bits per heavy atom. The van der Waals surface area contributed by atoms with Crippen LogP contribution in [0.5, 0.6) is 0 Å². The highest BCUT2D eigenvalue weighted by Gasteiger charge is 2.28. The molecule has 3 nitrogen and oxygen atoms in total. The first-order valence-electron chi connectivity index (χ1n) is 7.40. The molecule has 108 valence electrons. The second kappa shape index (κ2) is 5.60. The molecule has 0 saturated heterocycles. The van der Waals surface area contributed by atoms with Crippen LogP contribution in [-0.4, -0.2) is 13.0 Å². The smallest absolute Gasteiger partial charge is 0.229 e. The van der Waals surface area contributed by atoms with Crippen LogP contribution in [0.3, 0.4) is 0 Å². The standard InChI is InChI=1S/C18H20N2O/c1-3-13-7-6-8-14(11-13)19-16-12-18(21)20(2)17-10-5-4-9-15(16)17/h4-11,16,19H,3,12H2,1-2H3. The Bertz CT molecular complexity index is 666. The number of para-hydroxylation sites is 1. The molecule has 21 heavy (non-hydrogen) atoms. The summed E-state index contributed by atoms with van der Waals surface area (Å²) in [6.45, 7) is 2.15. The summed E-state index contributed by atoms with van der Waals surface area (Å²) in [6, 6.07) is 16.5. The van der Waals surface area contributed by atoms with E-state index < -0.39 is 0 Å². The van der Waals surface area contributed by atoms with E-state index in [0.29, 0.717) is 6.42 Å². The first-order valence-corrected chi connectivity index (χ1v) is 7.40. The van der Waals surface area contributed by atoms with Crippen LogP contribution in [0.1, 0.15) is 30.5 Å². The van der Waals surface area contributed by atoms with E-state index in [2.05, 4.69) is 42.6 Å². The topological polar surface area (TPSA) is 32.3 Å². The number of rotatable bonds is 3. The number of hydrogen-bond acceptors (Lipinski definition) is 2. The first kappa shape index (κ1) is 13.7. The van der Waals surface area contributed by atoms with Crippen molar-refractivity contribution in [1.29, 1.82) is 0 Å². The van der Waals surface area contributed by atoms with Crippen LogP contribution in [-0.2, 0) is 11.2 Å². The third-order valence-electron chi connectivity index (χ3n) is 4.10. The molecule has 0 fully saturated rings. The minimum atomic E-state index is 0.0389. The van der Waals surface area contributed by atoms with Crippen LogP contribution < -0.4 is 10.2 Å². The average molecular weight is 280 g/mol. The highest BCUT2D eigenvalue weighted by molar-refractivity contribution is 5.97. The van der Waals surface area contributed by atoms with Gasteiger partial charge in [0, 0.05) is 18.4 Å². The zero-order chi connectivity index (χ0) is 14.8. The van der Waals surface area contributed by atoms with Crippen LogP contribution >= 0.6 is 0 Å². The van der Waals surface area contributed by atoms with Crippen molar-refractivity contribution in [2.75, 3.05) is 17.3 Å². The summed E-state index contributed by atoms with van der Waals surface area (Å²) in [5, 5.41) is 3.52. The predicted molar refractivity (Wildman–Crippen MR) is 86.7 cm³/mol. The summed E-state index contributed by atoms with van der Waals surface area (Å²) < 4.78 is 0. The van der Waals surface area contributed by atoms with Crippen LogP contribution in [0.25, 0.3) is 0 Å². The minimum Gasteiger partial charge on any atom is -0.378 e. The second-order valence-corrected chi connectivity index (χ2v) is 5.47. The molecule has 2 aromatic rings. The molecule has 2 aromatic carbocycles. The van der Waals surface area contributed by atoms with Crippen LogP contribution in [0, 0.1) is 0 Å². The van der Waals surface area contributed by atoms with Gasteiger partial charge in [0.2, 0.25) is 5.91 Å². The van der Waals surface area contributed by atoms with Gasteiger partial charge >= 0.3 is 0 Å². The monoisotopic (exact) mass is 280 g/mol. The van der Waals surface area contributed by atoms with Gasteiger partial charge in [0.15, 0.2) is 0 Å². The molecule has 3 heteroatoms. The van der Waals surface area contributed by atoms with Gasteiger partial charge in [-0.05, 0) is 35.7 Å². The summed E-state index contributed by atoms with van der Waals surface area (Å²) in [5.41, 5.74) is 4.55. The molecule has 1 aliphatic heterocycles. The van der Waals surface area contributed by atoms with Crippen molar-refractivity contribution in [2.45, 2.75) is 25.8 Å². The van der Waals surface area contributed by atoms with Gasteiger partial charge in [-0.15, -0.1) is 0 Å². The van der Waals surface area contributed by atoms with E-state index in [4.69, 9.17) is 0 Å². The SMILES string of the molecule is CCc1cccc(NC2CC(=O)N(C)c3ccccc32)c1. The zero-order valence-corrected chi connectivity index (χ0v) is 12.5. The summed E-state index contributed by atoms with van der Waals surface area (Å²) in [4.78, 5) is 13.9. The van der Waals surface area contributed by atoms with Crippen LogP contribution in [0.4, 0.5) is 11.4 Å². The highest BCUT2D eigenvalue weighted by Crippen LogP contribution is 2.35. The molecule has 1 unspecified atom stereocenters. The van der Waals surface area contributed by atoms with E-state index in [0.717, 1.165) is 17.8 Å². The Hall–Kier alpha value is -2.29. The molecular formula is C18H20N2O. The maximum absolute atomic E-state index is 12.2. The number of anilines is 2. The Balaban J connectivity index is 1.92. The fraction of sp³-hybridized carbons (Fsp3) is 0.278.